The highest BCUT2D eigenvalue weighted by Crippen LogP contribution is 2.40. The first-order chi connectivity index (χ1) is 13.2. The second kappa shape index (κ2) is 8.77. The molecule has 2 heterocycles. The van der Waals surface area contributed by atoms with Crippen molar-refractivity contribution in [2.45, 2.75) is 6.92 Å². The van der Waals surface area contributed by atoms with Gasteiger partial charge in [-0.2, -0.15) is 0 Å². The Morgan fingerprint density at radius 1 is 0.926 bits per heavy atom. The van der Waals surface area contributed by atoms with Gasteiger partial charge in [0, 0.05) is 50.1 Å². The molecule has 0 amide bonds. The maximum Gasteiger partial charge on any atom is 0.203 e. The number of nitrogens with zero attached hydrogens (tertiary/aromatic N) is 4. The monoisotopic (exact) mass is 373 g/mol. The Morgan fingerprint density at radius 3 is 2.15 bits per heavy atom. The molecule has 27 heavy (non-hydrogen) atoms. The molecule has 0 spiro atoms. The first-order valence-corrected chi connectivity index (χ1v) is 9.04. The van der Waals surface area contributed by atoms with Crippen LogP contribution in [0.3, 0.4) is 0 Å². The Labute approximate surface area is 160 Å². The molecule has 146 valence electrons. The highest BCUT2D eigenvalue weighted by Gasteiger charge is 2.18. The van der Waals surface area contributed by atoms with Crippen molar-refractivity contribution >= 4 is 17.3 Å². The molecule has 1 aliphatic heterocycles. The zero-order valence-corrected chi connectivity index (χ0v) is 16.4. The fourth-order valence-electron chi connectivity index (χ4n) is 3.18. The summed E-state index contributed by atoms with van der Waals surface area (Å²) in [6.07, 6.45) is 1.59. The molecule has 0 aliphatic carbocycles. The van der Waals surface area contributed by atoms with Gasteiger partial charge in [-0.1, -0.05) is 6.92 Å². The van der Waals surface area contributed by atoms with Crippen molar-refractivity contribution in [2.24, 2.45) is 0 Å². The average molecular weight is 373 g/mol. The Hall–Kier alpha value is -2.74. The van der Waals surface area contributed by atoms with Gasteiger partial charge >= 0.3 is 0 Å². The summed E-state index contributed by atoms with van der Waals surface area (Å²) in [4.78, 5) is 13.5. The summed E-state index contributed by atoms with van der Waals surface area (Å²) in [5.74, 6) is 3.37. The van der Waals surface area contributed by atoms with Crippen LogP contribution < -0.4 is 24.4 Å². The van der Waals surface area contributed by atoms with Crippen molar-refractivity contribution < 1.29 is 14.2 Å². The standard InChI is InChI=1S/C19H27N5O3/c1-5-23-6-8-24(9-7-23)18-12-17(20-13-21-18)22-14-10-15(25-2)19(27-4)16(11-14)26-3/h10-13H,5-9H2,1-4H3,(H,20,21,22). The van der Waals surface area contributed by atoms with E-state index < -0.39 is 0 Å². The number of nitrogens with one attached hydrogen (secondary N) is 1. The maximum absolute atomic E-state index is 5.41. The molecule has 1 aliphatic rings. The van der Waals surface area contributed by atoms with Gasteiger partial charge in [0.15, 0.2) is 11.5 Å². The molecular formula is C19H27N5O3. The number of benzene rings is 1. The third-order valence-electron chi connectivity index (χ3n) is 4.73. The summed E-state index contributed by atoms with van der Waals surface area (Å²) in [6.45, 7) is 7.32. The minimum absolute atomic E-state index is 0.558. The lowest BCUT2D eigenvalue weighted by Gasteiger charge is -2.34. The van der Waals surface area contributed by atoms with Gasteiger partial charge in [-0.05, 0) is 6.54 Å². The second-order valence-electron chi connectivity index (χ2n) is 6.22. The third kappa shape index (κ3) is 4.33. The van der Waals surface area contributed by atoms with Gasteiger partial charge in [0.1, 0.15) is 18.0 Å². The SMILES string of the molecule is CCN1CCN(c2cc(Nc3cc(OC)c(OC)c(OC)c3)ncn2)CC1. The van der Waals surface area contributed by atoms with Crippen LogP contribution in [-0.4, -0.2) is 68.9 Å². The van der Waals surface area contributed by atoms with Crippen molar-refractivity contribution in [3.8, 4) is 17.2 Å². The van der Waals surface area contributed by atoms with E-state index in [2.05, 4.69) is 32.0 Å². The minimum Gasteiger partial charge on any atom is -0.493 e. The molecule has 2 aromatic rings. The number of methoxy groups -OCH3 is 3. The first-order valence-electron chi connectivity index (χ1n) is 9.04. The van der Waals surface area contributed by atoms with Crippen LogP contribution in [0.1, 0.15) is 6.92 Å². The van der Waals surface area contributed by atoms with Crippen LogP contribution in [0.15, 0.2) is 24.5 Å². The molecule has 0 atom stereocenters. The van der Waals surface area contributed by atoms with Crippen LogP contribution in [-0.2, 0) is 0 Å². The van der Waals surface area contributed by atoms with E-state index in [1.54, 1.807) is 27.7 Å². The molecule has 0 unspecified atom stereocenters. The van der Waals surface area contributed by atoms with Gasteiger partial charge in [-0.3, -0.25) is 0 Å². The van der Waals surface area contributed by atoms with Crippen LogP contribution in [0.25, 0.3) is 0 Å². The average Bonchev–Trinajstić information content (AvgIpc) is 2.73. The molecular weight excluding hydrogens is 346 g/mol. The number of likely N-dealkylation sites (N-methyl/N-ethyl adjacent to an activating group) is 1. The van der Waals surface area contributed by atoms with E-state index in [1.807, 2.05) is 18.2 Å². The van der Waals surface area contributed by atoms with Gasteiger partial charge in [0.05, 0.1) is 21.3 Å². The van der Waals surface area contributed by atoms with Crippen LogP contribution >= 0.6 is 0 Å². The highest BCUT2D eigenvalue weighted by molar-refractivity contribution is 5.67. The maximum atomic E-state index is 5.41. The van der Waals surface area contributed by atoms with E-state index in [-0.39, 0.29) is 0 Å². The Morgan fingerprint density at radius 2 is 1.59 bits per heavy atom. The predicted octanol–water partition coefficient (Wildman–Crippen LogP) is 2.39. The van der Waals surface area contributed by atoms with E-state index in [4.69, 9.17) is 14.2 Å². The Balaban J connectivity index is 1.78. The van der Waals surface area contributed by atoms with Gasteiger partial charge < -0.3 is 29.3 Å². The van der Waals surface area contributed by atoms with E-state index in [9.17, 15) is 0 Å². The highest BCUT2D eigenvalue weighted by atomic mass is 16.5. The number of hydrogen-bond donors (Lipinski definition) is 1. The molecule has 0 saturated carbocycles. The van der Waals surface area contributed by atoms with Crippen LogP contribution in [0.2, 0.25) is 0 Å². The van der Waals surface area contributed by atoms with Crippen molar-refractivity contribution in [1.29, 1.82) is 0 Å². The van der Waals surface area contributed by atoms with Gasteiger partial charge in [-0.25, -0.2) is 9.97 Å². The van der Waals surface area contributed by atoms with Crippen molar-refractivity contribution in [3.05, 3.63) is 24.5 Å². The number of rotatable bonds is 7. The Bertz CT molecular complexity index is 738. The summed E-state index contributed by atoms with van der Waals surface area (Å²) in [5.41, 5.74) is 0.796. The summed E-state index contributed by atoms with van der Waals surface area (Å²) < 4.78 is 16.2. The number of hydrogen-bond acceptors (Lipinski definition) is 8. The lowest BCUT2D eigenvalue weighted by Crippen LogP contribution is -2.46. The molecule has 8 nitrogen and oxygen atoms in total. The summed E-state index contributed by atoms with van der Waals surface area (Å²) >= 11 is 0. The van der Waals surface area contributed by atoms with E-state index in [0.717, 1.165) is 44.2 Å². The third-order valence-corrected chi connectivity index (χ3v) is 4.73. The number of piperazine rings is 1. The van der Waals surface area contributed by atoms with Crippen molar-refractivity contribution in [3.63, 3.8) is 0 Å². The Kier molecular flexibility index (Phi) is 6.18. The lowest BCUT2D eigenvalue weighted by atomic mass is 10.2. The molecule has 1 aromatic carbocycles. The molecule has 1 saturated heterocycles. The lowest BCUT2D eigenvalue weighted by molar-refractivity contribution is 0.270. The van der Waals surface area contributed by atoms with Crippen LogP contribution in [0.5, 0.6) is 17.2 Å². The molecule has 1 aromatic heterocycles. The number of ether oxygens (including phenoxy) is 3. The fraction of sp³-hybridized carbons (Fsp3) is 0.474. The molecule has 3 rings (SSSR count). The molecule has 0 bridgehead atoms. The number of aromatic nitrogens is 2. The summed E-state index contributed by atoms with van der Waals surface area (Å²) in [7, 11) is 4.78. The van der Waals surface area contributed by atoms with Crippen molar-refractivity contribution in [2.75, 3.05) is 64.3 Å². The topological polar surface area (TPSA) is 72.0 Å². The van der Waals surface area contributed by atoms with Gasteiger partial charge in [-0.15, -0.1) is 0 Å². The van der Waals surface area contributed by atoms with E-state index in [0.29, 0.717) is 23.1 Å². The second-order valence-corrected chi connectivity index (χ2v) is 6.22. The molecule has 8 heteroatoms. The van der Waals surface area contributed by atoms with Crippen LogP contribution in [0, 0.1) is 0 Å². The summed E-state index contributed by atoms with van der Waals surface area (Å²) in [5, 5.41) is 3.30. The number of anilines is 3. The van der Waals surface area contributed by atoms with Crippen LogP contribution in [0.4, 0.5) is 17.3 Å². The first kappa shape index (κ1) is 19.0. The smallest absolute Gasteiger partial charge is 0.203 e. The quantitative estimate of drug-likeness (QED) is 0.793. The van der Waals surface area contributed by atoms with Gasteiger partial charge in [0.2, 0.25) is 5.75 Å². The van der Waals surface area contributed by atoms with E-state index in [1.165, 1.54) is 0 Å². The largest absolute Gasteiger partial charge is 0.493 e. The fourth-order valence-corrected chi connectivity index (χ4v) is 3.18. The molecule has 1 fully saturated rings. The molecule has 1 N–H and O–H groups in total. The summed E-state index contributed by atoms with van der Waals surface area (Å²) in [6, 6.07) is 5.66. The zero-order chi connectivity index (χ0) is 19.2. The normalized spacial score (nSPS) is 14.7. The predicted molar refractivity (Wildman–Crippen MR) is 106 cm³/mol. The van der Waals surface area contributed by atoms with Crippen molar-refractivity contribution in [1.82, 2.24) is 14.9 Å². The molecule has 0 radical (unpaired) electrons. The minimum atomic E-state index is 0.558. The zero-order valence-electron chi connectivity index (χ0n) is 16.4. The van der Waals surface area contributed by atoms with E-state index >= 15 is 0 Å². The van der Waals surface area contributed by atoms with Gasteiger partial charge in [0.25, 0.3) is 0 Å².